The Kier molecular flexibility index (Phi) is 4.76. The van der Waals surface area contributed by atoms with Crippen molar-refractivity contribution in [1.29, 1.82) is 0 Å². The Bertz CT molecular complexity index is 1120. The van der Waals surface area contributed by atoms with E-state index in [9.17, 15) is 14.0 Å². The summed E-state index contributed by atoms with van der Waals surface area (Å²) in [6, 6.07) is 14.6. The normalized spacial score (nSPS) is 14.1. The maximum Gasteiger partial charge on any atom is 0.278 e. The zero-order chi connectivity index (χ0) is 20.5. The van der Waals surface area contributed by atoms with E-state index in [-0.39, 0.29) is 17.8 Å². The van der Waals surface area contributed by atoms with Gasteiger partial charge in [0.1, 0.15) is 17.3 Å². The van der Waals surface area contributed by atoms with Crippen LogP contribution in [0, 0.1) is 19.7 Å². The Morgan fingerprint density at radius 3 is 2.41 bits per heavy atom. The first-order valence-electron chi connectivity index (χ1n) is 9.17. The highest BCUT2D eigenvalue weighted by atomic mass is 19.1. The molecule has 2 amide bonds. The second kappa shape index (κ2) is 7.39. The number of rotatable bonds is 5. The van der Waals surface area contributed by atoms with Crippen LogP contribution in [0.3, 0.4) is 0 Å². The molecule has 1 N–H and O–H groups in total. The number of amides is 2. The van der Waals surface area contributed by atoms with E-state index < -0.39 is 17.6 Å². The monoisotopic (exact) mass is 390 g/mol. The summed E-state index contributed by atoms with van der Waals surface area (Å²) in [4.78, 5) is 27.4. The lowest BCUT2D eigenvalue weighted by Crippen LogP contribution is -2.31. The Morgan fingerprint density at radius 2 is 1.72 bits per heavy atom. The van der Waals surface area contributed by atoms with Crippen molar-refractivity contribution in [3.8, 4) is 0 Å². The van der Waals surface area contributed by atoms with Crippen LogP contribution in [0.15, 0.2) is 71.0 Å². The number of carbonyl (C=O) groups is 2. The second-order valence-electron chi connectivity index (χ2n) is 6.91. The van der Waals surface area contributed by atoms with Gasteiger partial charge in [-0.1, -0.05) is 24.3 Å². The summed E-state index contributed by atoms with van der Waals surface area (Å²) in [5.41, 5.74) is 3.62. The van der Waals surface area contributed by atoms with Gasteiger partial charge in [0.05, 0.1) is 18.4 Å². The minimum Gasteiger partial charge on any atom is -0.467 e. The fourth-order valence-electron chi connectivity index (χ4n) is 3.30. The van der Waals surface area contributed by atoms with E-state index in [1.807, 2.05) is 32.0 Å². The molecule has 0 atom stereocenters. The van der Waals surface area contributed by atoms with Crippen LogP contribution in [0.2, 0.25) is 0 Å². The molecule has 0 aliphatic carbocycles. The Balaban J connectivity index is 1.78. The van der Waals surface area contributed by atoms with E-state index in [0.29, 0.717) is 11.3 Å². The van der Waals surface area contributed by atoms with Crippen molar-refractivity contribution in [2.45, 2.75) is 20.4 Å². The lowest BCUT2D eigenvalue weighted by Gasteiger charge is -2.15. The Hall–Kier alpha value is -3.67. The highest BCUT2D eigenvalue weighted by Crippen LogP contribution is 2.32. The van der Waals surface area contributed by atoms with Crippen molar-refractivity contribution < 1.29 is 18.4 Å². The van der Waals surface area contributed by atoms with Gasteiger partial charge in [0.2, 0.25) is 0 Å². The van der Waals surface area contributed by atoms with Crippen LogP contribution < -0.4 is 5.32 Å². The van der Waals surface area contributed by atoms with Gasteiger partial charge in [0, 0.05) is 5.69 Å². The number of aryl methyl sites for hydroxylation is 1. The second-order valence-corrected chi connectivity index (χ2v) is 6.91. The minimum absolute atomic E-state index is 0.0212. The van der Waals surface area contributed by atoms with E-state index in [1.165, 1.54) is 30.5 Å². The van der Waals surface area contributed by atoms with Crippen molar-refractivity contribution in [1.82, 2.24) is 4.90 Å². The highest BCUT2D eigenvalue weighted by molar-refractivity contribution is 6.36. The predicted molar refractivity (Wildman–Crippen MR) is 107 cm³/mol. The van der Waals surface area contributed by atoms with Gasteiger partial charge in [0.15, 0.2) is 0 Å². The summed E-state index contributed by atoms with van der Waals surface area (Å²) in [5, 5.41) is 3.15. The number of nitrogens with zero attached hydrogens (tertiary/aromatic N) is 1. The van der Waals surface area contributed by atoms with E-state index in [1.54, 1.807) is 12.1 Å². The van der Waals surface area contributed by atoms with Gasteiger partial charge in [-0.3, -0.25) is 14.5 Å². The number of halogens is 1. The molecule has 5 nitrogen and oxygen atoms in total. The number of nitrogens with one attached hydrogen (secondary N) is 1. The third kappa shape index (κ3) is 3.45. The lowest BCUT2D eigenvalue weighted by atomic mass is 10.0. The number of carbonyl (C=O) groups excluding carboxylic acids is 2. The molecular weight excluding hydrogens is 371 g/mol. The third-order valence-corrected chi connectivity index (χ3v) is 5.06. The van der Waals surface area contributed by atoms with E-state index in [2.05, 4.69) is 5.32 Å². The van der Waals surface area contributed by atoms with Crippen LogP contribution in [-0.2, 0) is 16.1 Å². The number of hydrogen-bond acceptors (Lipinski definition) is 4. The van der Waals surface area contributed by atoms with Gasteiger partial charge in [0.25, 0.3) is 11.8 Å². The SMILES string of the molecule is Cc1cccc(NC2=C(c3ccc(F)cc3)C(=O)N(Cc3ccco3)C2=O)c1C. The molecule has 1 aliphatic heterocycles. The van der Waals surface area contributed by atoms with Gasteiger partial charge in [-0.05, 0) is 60.9 Å². The minimum atomic E-state index is -0.453. The number of benzene rings is 2. The molecule has 0 radical (unpaired) electrons. The van der Waals surface area contributed by atoms with Gasteiger partial charge in [-0.2, -0.15) is 0 Å². The van der Waals surface area contributed by atoms with Crippen molar-refractivity contribution in [2.75, 3.05) is 5.32 Å². The Morgan fingerprint density at radius 1 is 0.966 bits per heavy atom. The van der Waals surface area contributed by atoms with Gasteiger partial charge >= 0.3 is 0 Å². The standard InChI is InChI=1S/C23H19FN2O3/c1-14-5-3-7-19(15(14)2)25-21-20(16-8-10-17(24)11-9-16)22(27)26(23(21)28)13-18-6-4-12-29-18/h3-12,25H,13H2,1-2H3. The van der Waals surface area contributed by atoms with Gasteiger partial charge in [-0.15, -0.1) is 0 Å². The first-order valence-corrected chi connectivity index (χ1v) is 9.17. The van der Waals surface area contributed by atoms with E-state index in [0.717, 1.165) is 21.7 Å². The molecule has 1 aromatic heterocycles. The number of hydrogen-bond donors (Lipinski definition) is 1. The van der Waals surface area contributed by atoms with Crippen LogP contribution in [0.5, 0.6) is 0 Å². The third-order valence-electron chi connectivity index (χ3n) is 5.06. The first-order chi connectivity index (χ1) is 14.0. The molecule has 0 fully saturated rings. The van der Waals surface area contributed by atoms with Crippen LogP contribution in [0.4, 0.5) is 10.1 Å². The topological polar surface area (TPSA) is 62.6 Å². The maximum atomic E-state index is 13.4. The fraction of sp³-hybridized carbons (Fsp3) is 0.130. The smallest absolute Gasteiger partial charge is 0.278 e. The average Bonchev–Trinajstić information content (AvgIpc) is 3.29. The molecule has 4 rings (SSSR count). The van der Waals surface area contributed by atoms with Crippen LogP contribution >= 0.6 is 0 Å². The van der Waals surface area contributed by atoms with E-state index >= 15 is 0 Å². The van der Waals surface area contributed by atoms with Crippen molar-refractivity contribution in [3.63, 3.8) is 0 Å². The molecule has 2 heterocycles. The molecular formula is C23H19FN2O3. The molecule has 29 heavy (non-hydrogen) atoms. The molecule has 0 saturated carbocycles. The van der Waals surface area contributed by atoms with E-state index in [4.69, 9.17) is 4.42 Å². The molecule has 0 spiro atoms. The van der Waals surface area contributed by atoms with Crippen molar-refractivity contribution in [2.24, 2.45) is 0 Å². The summed E-state index contributed by atoms with van der Waals surface area (Å²) in [6.45, 7) is 3.94. The number of imide groups is 1. The molecule has 6 heteroatoms. The molecule has 146 valence electrons. The quantitative estimate of drug-likeness (QED) is 0.655. The predicted octanol–water partition coefficient (Wildman–Crippen LogP) is 4.43. The molecule has 3 aromatic rings. The zero-order valence-electron chi connectivity index (χ0n) is 16.0. The largest absolute Gasteiger partial charge is 0.467 e. The summed E-state index contributed by atoms with van der Waals surface area (Å²) < 4.78 is 18.7. The highest BCUT2D eigenvalue weighted by Gasteiger charge is 2.39. The molecule has 0 saturated heterocycles. The average molecular weight is 390 g/mol. The summed E-state index contributed by atoms with van der Waals surface area (Å²) >= 11 is 0. The molecule has 2 aromatic carbocycles. The number of anilines is 1. The number of furan rings is 1. The summed E-state index contributed by atoms with van der Waals surface area (Å²) in [7, 11) is 0. The van der Waals surface area contributed by atoms with Crippen LogP contribution in [0.1, 0.15) is 22.5 Å². The molecule has 1 aliphatic rings. The lowest BCUT2D eigenvalue weighted by molar-refractivity contribution is -0.137. The maximum absolute atomic E-state index is 13.4. The molecule has 0 bridgehead atoms. The zero-order valence-corrected chi connectivity index (χ0v) is 16.0. The summed E-state index contributed by atoms with van der Waals surface area (Å²) in [5.74, 6) is -0.821. The van der Waals surface area contributed by atoms with Crippen molar-refractivity contribution >= 4 is 23.1 Å². The van der Waals surface area contributed by atoms with Crippen LogP contribution in [-0.4, -0.2) is 16.7 Å². The van der Waals surface area contributed by atoms with Crippen LogP contribution in [0.25, 0.3) is 5.57 Å². The van der Waals surface area contributed by atoms with Gasteiger partial charge in [-0.25, -0.2) is 4.39 Å². The molecule has 0 unspecified atom stereocenters. The fourth-order valence-corrected chi connectivity index (χ4v) is 3.30. The van der Waals surface area contributed by atoms with Gasteiger partial charge < -0.3 is 9.73 Å². The summed E-state index contributed by atoms with van der Waals surface area (Å²) in [6.07, 6.45) is 1.49. The first kappa shape index (κ1) is 18.7. The Labute approximate surface area is 167 Å². The van der Waals surface area contributed by atoms with Crippen molar-refractivity contribution in [3.05, 3.63) is 94.8 Å².